The fourth-order valence-corrected chi connectivity index (χ4v) is 3.92. The summed E-state index contributed by atoms with van der Waals surface area (Å²) in [5.74, 6) is 0.825. The smallest absolute Gasteiger partial charge is 0.319 e. The molecule has 0 bridgehead atoms. The Bertz CT molecular complexity index is 846. The summed E-state index contributed by atoms with van der Waals surface area (Å²) >= 11 is 0. The van der Waals surface area contributed by atoms with E-state index in [-0.39, 0.29) is 12.1 Å². The molecule has 2 N–H and O–H groups in total. The summed E-state index contributed by atoms with van der Waals surface area (Å²) in [4.78, 5) is 19.5. The molecule has 0 radical (unpaired) electrons. The minimum absolute atomic E-state index is 0.134. The van der Waals surface area contributed by atoms with E-state index in [0.29, 0.717) is 13.2 Å². The molecule has 33 heavy (non-hydrogen) atoms. The summed E-state index contributed by atoms with van der Waals surface area (Å²) in [5.41, 5.74) is 3.14. The molecule has 1 heterocycles. The minimum Gasteiger partial charge on any atom is -0.494 e. The van der Waals surface area contributed by atoms with Gasteiger partial charge < -0.3 is 25.2 Å². The summed E-state index contributed by atoms with van der Waals surface area (Å²) in [5, 5.41) is 6.02. The van der Waals surface area contributed by atoms with E-state index in [1.807, 2.05) is 38.4 Å². The number of unbranched alkanes of at least 4 members (excludes halogenated alkanes) is 1. The van der Waals surface area contributed by atoms with Crippen LogP contribution in [0.2, 0.25) is 0 Å². The van der Waals surface area contributed by atoms with Crippen LogP contribution in [0.25, 0.3) is 0 Å². The van der Waals surface area contributed by atoms with Crippen molar-refractivity contribution in [2.45, 2.75) is 25.8 Å². The summed E-state index contributed by atoms with van der Waals surface area (Å²) in [7, 11) is 6.25. The minimum atomic E-state index is -0.196. The number of hydrogen-bond acceptors (Lipinski definition) is 5. The van der Waals surface area contributed by atoms with Crippen molar-refractivity contribution in [2.75, 3.05) is 70.7 Å². The molecule has 1 fully saturated rings. The number of carbonyl (C=O) groups excluding carboxylic acids is 1. The first kappa shape index (κ1) is 24.9. The number of hydrogen-bond donors (Lipinski definition) is 2. The molecule has 0 saturated carbocycles. The Kier molecular flexibility index (Phi) is 9.39. The molecule has 0 spiro atoms. The molecule has 3 rings (SSSR count). The predicted octanol–water partition coefficient (Wildman–Crippen LogP) is 4.04. The van der Waals surface area contributed by atoms with Gasteiger partial charge in [-0.3, -0.25) is 4.90 Å². The number of piperazine rings is 1. The van der Waals surface area contributed by atoms with E-state index in [0.717, 1.165) is 50.5 Å². The van der Waals surface area contributed by atoms with Gasteiger partial charge in [-0.2, -0.15) is 0 Å². The molecule has 7 nitrogen and oxygen atoms in total. The van der Waals surface area contributed by atoms with Crippen molar-refractivity contribution in [3.8, 4) is 5.75 Å². The molecule has 1 saturated heterocycles. The van der Waals surface area contributed by atoms with Gasteiger partial charge in [0.2, 0.25) is 0 Å². The quantitative estimate of drug-likeness (QED) is 0.532. The van der Waals surface area contributed by atoms with Gasteiger partial charge >= 0.3 is 6.03 Å². The zero-order valence-electron chi connectivity index (χ0n) is 20.5. The number of carbonyl (C=O) groups is 1. The molecule has 2 aromatic carbocycles. The molecule has 1 atom stereocenters. The molecular weight excluding hydrogens is 414 g/mol. The topological polar surface area (TPSA) is 60.1 Å². The summed E-state index contributed by atoms with van der Waals surface area (Å²) in [6.45, 7) is 7.44. The summed E-state index contributed by atoms with van der Waals surface area (Å²) < 4.78 is 5.69. The molecule has 0 aliphatic carbocycles. The van der Waals surface area contributed by atoms with E-state index in [1.54, 1.807) is 0 Å². The van der Waals surface area contributed by atoms with Gasteiger partial charge in [0.05, 0.1) is 12.6 Å². The Morgan fingerprint density at radius 2 is 1.70 bits per heavy atom. The number of urea groups is 1. The zero-order chi connectivity index (χ0) is 23.6. The fourth-order valence-electron chi connectivity index (χ4n) is 3.92. The molecule has 7 heteroatoms. The average molecular weight is 454 g/mol. The highest BCUT2D eigenvalue weighted by Crippen LogP contribution is 2.24. The van der Waals surface area contributed by atoms with Crippen molar-refractivity contribution in [3.63, 3.8) is 0 Å². The van der Waals surface area contributed by atoms with Crippen LogP contribution in [0.5, 0.6) is 5.75 Å². The van der Waals surface area contributed by atoms with Gasteiger partial charge in [0.25, 0.3) is 0 Å². The lowest BCUT2D eigenvalue weighted by atomic mass is 10.0. The third kappa shape index (κ3) is 7.65. The van der Waals surface area contributed by atoms with Gasteiger partial charge in [-0.1, -0.05) is 25.5 Å². The van der Waals surface area contributed by atoms with Gasteiger partial charge in [-0.25, -0.2) is 4.79 Å². The number of likely N-dealkylation sites (N-methyl/N-ethyl adjacent to an activating group) is 1. The Hall–Kier alpha value is -2.77. The van der Waals surface area contributed by atoms with Crippen LogP contribution in [0, 0.1) is 0 Å². The van der Waals surface area contributed by atoms with E-state index < -0.39 is 0 Å². The lowest BCUT2D eigenvalue weighted by Gasteiger charge is -2.38. The monoisotopic (exact) mass is 453 g/mol. The Morgan fingerprint density at radius 1 is 1.03 bits per heavy atom. The van der Waals surface area contributed by atoms with Crippen LogP contribution in [0.15, 0.2) is 48.5 Å². The Labute approximate surface area is 198 Å². The number of ether oxygens (including phenoxy) is 1. The van der Waals surface area contributed by atoms with Crippen molar-refractivity contribution < 1.29 is 9.53 Å². The molecule has 2 aromatic rings. The first-order valence-electron chi connectivity index (χ1n) is 11.9. The zero-order valence-corrected chi connectivity index (χ0v) is 20.5. The van der Waals surface area contributed by atoms with Crippen LogP contribution in [-0.2, 0) is 0 Å². The predicted molar refractivity (Wildman–Crippen MR) is 136 cm³/mol. The molecule has 0 unspecified atom stereocenters. The average Bonchev–Trinajstić information content (AvgIpc) is 2.82. The molecule has 0 aromatic heterocycles. The highest BCUT2D eigenvalue weighted by atomic mass is 16.5. The van der Waals surface area contributed by atoms with Gasteiger partial charge in [0.15, 0.2) is 0 Å². The van der Waals surface area contributed by atoms with E-state index >= 15 is 0 Å². The van der Waals surface area contributed by atoms with Gasteiger partial charge in [0, 0.05) is 58.2 Å². The fraction of sp³-hybridized carbons (Fsp3) is 0.500. The summed E-state index contributed by atoms with van der Waals surface area (Å²) in [6, 6.07) is 16.1. The van der Waals surface area contributed by atoms with Crippen LogP contribution < -0.4 is 20.3 Å². The highest BCUT2D eigenvalue weighted by Gasteiger charge is 2.24. The molecule has 2 amide bonds. The van der Waals surface area contributed by atoms with Crippen molar-refractivity contribution in [3.05, 3.63) is 54.1 Å². The first-order valence-corrected chi connectivity index (χ1v) is 11.9. The Balaban J connectivity index is 1.59. The van der Waals surface area contributed by atoms with Crippen molar-refractivity contribution in [1.29, 1.82) is 0 Å². The summed E-state index contributed by atoms with van der Waals surface area (Å²) in [6.07, 6.45) is 2.14. The van der Waals surface area contributed by atoms with Gasteiger partial charge in [0.1, 0.15) is 5.75 Å². The first-order chi connectivity index (χ1) is 16.0. The number of nitrogens with zero attached hydrogens (tertiary/aromatic N) is 3. The van der Waals surface area contributed by atoms with E-state index in [1.165, 1.54) is 11.3 Å². The van der Waals surface area contributed by atoms with E-state index in [2.05, 4.69) is 63.6 Å². The second kappa shape index (κ2) is 12.5. The molecule has 1 aliphatic rings. The van der Waals surface area contributed by atoms with Crippen molar-refractivity contribution in [1.82, 2.24) is 15.1 Å². The second-order valence-corrected chi connectivity index (χ2v) is 8.90. The molecular formula is C26H39N5O2. The van der Waals surface area contributed by atoms with Crippen LogP contribution in [0.4, 0.5) is 16.2 Å². The van der Waals surface area contributed by atoms with E-state index in [4.69, 9.17) is 4.74 Å². The lowest BCUT2D eigenvalue weighted by Crippen LogP contribution is -2.48. The number of nitrogens with one attached hydrogen (secondary N) is 2. The number of rotatable bonds is 10. The van der Waals surface area contributed by atoms with Crippen LogP contribution in [0.1, 0.15) is 31.4 Å². The van der Waals surface area contributed by atoms with Crippen LogP contribution >= 0.6 is 0 Å². The molecule has 180 valence electrons. The SMILES string of the molecule is CCCCOc1ccc(NC(=O)NC[C@H](c2ccc(N(C)C)cc2)N2CCN(C)CC2)cc1. The van der Waals surface area contributed by atoms with Crippen molar-refractivity contribution in [2.24, 2.45) is 0 Å². The highest BCUT2D eigenvalue weighted by molar-refractivity contribution is 5.89. The lowest BCUT2D eigenvalue weighted by molar-refractivity contribution is 0.111. The van der Waals surface area contributed by atoms with E-state index in [9.17, 15) is 4.79 Å². The maximum atomic E-state index is 12.6. The normalized spacial score (nSPS) is 15.6. The Morgan fingerprint density at radius 3 is 2.30 bits per heavy atom. The van der Waals surface area contributed by atoms with Crippen LogP contribution in [-0.4, -0.2) is 76.3 Å². The van der Waals surface area contributed by atoms with Crippen LogP contribution in [0.3, 0.4) is 0 Å². The number of benzene rings is 2. The maximum absolute atomic E-state index is 12.6. The van der Waals surface area contributed by atoms with Gasteiger partial charge in [-0.05, 0) is 55.4 Å². The largest absolute Gasteiger partial charge is 0.494 e. The second-order valence-electron chi connectivity index (χ2n) is 8.90. The standard InChI is InChI=1S/C26H39N5O2/c1-5-6-19-33-24-13-9-22(10-14-24)28-26(32)27-20-25(31-17-15-30(4)16-18-31)21-7-11-23(12-8-21)29(2)3/h7-14,25H,5-6,15-20H2,1-4H3,(H2,27,28,32)/t25-/m1/s1. The maximum Gasteiger partial charge on any atom is 0.319 e. The molecule has 1 aliphatic heterocycles. The third-order valence-corrected chi connectivity index (χ3v) is 6.11. The van der Waals surface area contributed by atoms with Gasteiger partial charge in [-0.15, -0.1) is 0 Å². The third-order valence-electron chi connectivity index (χ3n) is 6.11. The number of anilines is 2. The van der Waals surface area contributed by atoms with Crippen molar-refractivity contribution >= 4 is 17.4 Å². The number of amides is 2.